The monoisotopic (exact) mass is 287 g/mol. The summed E-state index contributed by atoms with van der Waals surface area (Å²) in [5.41, 5.74) is 6.20. The molecular formula is C12H15BrFNO. The van der Waals surface area contributed by atoms with Gasteiger partial charge in [0.25, 0.3) is 0 Å². The van der Waals surface area contributed by atoms with Gasteiger partial charge in [-0.15, -0.1) is 0 Å². The van der Waals surface area contributed by atoms with E-state index in [0.29, 0.717) is 16.6 Å². The highest BCUT2D eigenvalue weighted by molar-refractivity contribution is 9.10. The predicted molar refractivity (Wildman–Crippen MR) is 65.0 cm³/mol. The summed E-state index contributed by atoms with van der Waals surface area (Å²) < 4.78 is 14.1. The van der Waals surface area contributed by atoms with E-state index >= 15 is 0 Å². The van der Waals surface area contributed by atoms with Gasteiger partial charge in [0.15, 0.2) is 11.6 Å². The van der Waals surface area contributed by atoms with Gasteiger partial charge in [-0.1, -0.05) is 22.4 Å². The van der Waals surface area contributed by atoms with E-state index < -0.39 is 5.82 Å². The molecule has 0 atom stereocenters. The molecule has 1 aromatic carbocycles. The molecule has 0 radical (unpaired) electrons. The van der Waals surface area contributed by atoms with Crippen LogP contribution in [0.25, 0.3) is 0 Å². The molecule has 2 rings (SSSR count). The van der Waals surface area contributed by atoms with Crippen LogP contribution in [0.15, 0.2) is 16.6 Å². The number of phenolic OH excluding ortho intramolecular Hbond substituents is 1. The zero-order valence-electron chi connectivity index (χ0n) is 8.97. The fourth-order valence-corrected chi connectivity index (χ4v) is 2.93. The average Bonchev–Trinajstić information content (AvgIpc) is 2.17. The summed E-state index contributed by atoms with van der Waals surface area (Å²) in [6.07, 6.45) is 3.88. The third-order valence-corrected chi connectivity index (χ3v) is 3.99. The van der Waals surface area contributed by atoms with Crippen LogP contribution in [0.3, 0.4) is 0 Å². The molecule has 1 fully saturated rings. The maximum Gasteiger partial charge on any atom is 0.166 e. The summed E-state index contributed by atoms with van der Waals surface area (Å²) in [6.45, 7) is 0.563. The number of halogens is 2. The molecule has 88 valence electrons. The number of aromatic hydroxyl groups is 1. The number of benzene rings is 1. The molecule has 16 heavy (non-hydrogen) atoms. The molecule has 0 bridgehead atoms. The highest BCUT2D eigenvalue weighted by atomic mass is 79.9. The Balaban J connectivity index is 2.45. The fraction of sp³-hybridized carbons (Fsp3) is 0.500. The Morgan fingerprint density at radius 1 is 1.44 bits per heavy atom. The van der Waals surface area contributed by atoms with Gasteiger partial charge >= 0.3 is 0 Å². The first-order valence-corrected chi connectivity index (χ1v) is 6.27. The first-order chi connectivity index (χ1) is 7.59. The Labute approximate surface area is 103 Å². The number of hydrogen-bond acceptors (Lipinski definition) is 2. The number of rotatable bonds is 3. The molecule has 1 aromatic rings. The van der Waals surface area contributed by atoms with Crippen molar-refractivity contribution < 1.29 is 9.50 Å². The largest absolute Gasteiger partial charge is 0.505 e. The molecule has 3 N–H and O–H groups in total. The molecule has 0 spiro atoms. The lowest BCUT2D eigenvalue weighted by atomic mass is 9.62. The van der Waals surface area contributed by atoms with E-state index in [2.05, 4.69) is 15.9 Å². The van der Waals surface area contributed by atoms with Crippen molar-refractivity contribution in [1.29, 1.82) is 0 Å². The zero-order chi connectivity index (χ0) is 11.8. The molecule has 0 heterocycles. The van der Waals surface area contributed by atoms with Crippen LogP contribution < -0.4 is 5.73 Å². The summed E-state index contributed by atoms with van der Waals surface area (Å²) in [4.78, 5) is 0. The lowest BCUT2D eigenvalue weighted by molar-refractivity contribution is 0.220. The Morgan fingerprint density at radius 3 is 2.62 bits per heavy atom. The van der Waals surface area contributed by atoms with Crippen LogP contribution in [0.2, 0.25) is 0 Å². The number of nitrogens with two attached hydrogens (primary N) is 1. The minimum atomic E-state index is -0.562. The second-order valence-corrected chi connectivity index (χ2v) is 5.37. The van der Waals surface area contributed by atoms with E-state index in [-0.39, 0.29) is 11.2 Å². The number of hydrogen-bond donors (Lipinski definition) is 2. The van der Waals surface area contributed by atoms with Crippen LogP contribution in [-0.2, 0) is 5.41 Å². The fourth-order valence-electron chi connectivity index (χ4n) is 2.50. The normalized spacial score (nSPS) is 18.2. The standard InChI is InChI=1S/C12H15BrFNO/c13-8-6-9(11(16)10(14)7-8)12(4-5-15)2-1-3-12/h6-7,16H,1-5,15H2. The molecule has 0 amide bonds. The SMILES string of the molecule is NCCC1(c2cc(Br)cc(F)c2O)CCC1. The van der Waals surface area contributed by atoms with Gasteiger partial charge in [0.2, 0.25) is 0 Å². The second-order valence-electron chi connectivity index (χ2n) is 4.46. The van der Waals surface area contributed by atoms with E-state index in [0.717, 1.165) is 25.7 Å². The molecular weight excluding hydrogens is 273 g/mol. The van der Waals surface area contributed by atoms with E-state index in [1.807, 2.05) is 6.07 Å². The summed E-state index contributed by atoms with van der Waals surface area (Å²) in [5, 5.41) is 9.81. The second kappa shape index (κ2) is 4.34. The van der Waals surface area contributed by atoms with Crippen molar-refractivity contribution in [3.63, 3.8) is 0 Å². The summed E-state index contributed by atoms with van der Waals surface area (Å²) in [6, 6.07) is 3.10. The van der Waals surface area contributed by atoms with Crippen LogP contribution in [0.4, 0.5) is 4.39 Å². The van der Waals surface area contributed by atoms with Gasteiger partial charge in [0, 0.05) is 15.5 Å². The molecule has 0 saturated heterocycles. The minimum Gasteiger partial charge on any atom is -0.505 e. The van der Waals surface area contributed by atoms with Crippen molar-refractivity contribution in [2.45, 2.75) is 31.1 Å². The highest BCUT2D eigenvalue weighted by Gasteiger charge is 2.40. The minimum absolute atomic E-state index is 0.108. The van der Waals surface area contributed by atoms with E-state index in [1.165, 1.54) is 6.07 Å². The summed E-state index contributed by atoms with van der Waals surface area (Å²) in [5.74, 6) is -0.774. The van der Waals surface area contributed by atoms with Gasteiger partial charge < -0.3 is 10.8 Å². The van der Waals surface area contributed by atoms with E-state index in [1.54, 1.807) is 0 Å². The molecule has 1 saturated carbocycles. The third kappa shape index (κ3) is 1.84. The van der Waals surface area contributed by atoms with Crippen LogP contribution in [-0.4, -0.2) is 11.7 Å². The van der Waals surface area contributed by atoms with Crippen molar-refractivity contribution in [3.05, 3.63) is 28.0 Å². The maximum atomic E-state index is 13.5. The Bertz CT molecular complexity index is 404. The number of phenols is 1. The lowest BCUT2D eigenvalue weighted by Crippen LogP contribution is -2.36. The van der Waals surface area contributed by atoms with E-state index in [9.17, 15) is 9.50 Å². The zero-order valence-corrected chi connectivity index (χ0v) is 10.6. The molecule has 0 aromatic heterocycles. The van der Waals surface area contributed by atoms with Gasteiger partial charge in [0.05, 0.1) is 0 Å². The van der Waals surface area contributed by atoms with Gasteiger partial charge in [-0.3, -0.25) is 0 Å². The van der Waals surface area contributed by atoms with Gasteiger partial charge in [0.1, 0.15) is 0 Å². The average molecular weight is 288 g/mol. The van der Waals surface area contributed by atoms with Crippen molar-refractivity contribution in [2.75, 3.05) is 6.54 Å². The Hall–Kier alpha value is -0.610. The highest BCUT2D eigenvalue weighted by Crippen LogP contribution is 2.50. The van der Waals surface area contributed by atoms with Crippen molar-refractivity contribution in [1.82, 2.24) is 0 Å². The molecule has 1 aliphatic carbocycles. The quantitative estimate of drug-likeness (QED) is 0.898. The first kappa shape index (κ1) is 11.9. The Kier molecular flexibility index (Phi) is 3.22. The lowest BCUT2D eigenvalue weighted by Gasteiger charge is -2.42. The van der Waals surface area contributed by atoms with Crippen molar-refractivity contribution >= 4 is 15.9 Å². The summed E-state index contributed by atoms with van der Waals surface area (Å²) >= 11 is 3.26. The predicted octanol–water partition coefficient (Wildman–Crippen LogP) is 3.06. The van der Waals surface area contributed by atoms with E-state index in [4.69, 9.17) is 5.73 Å². The molecule has 4 heteroatoms. The van der Waals surface area contributed by atoms with Crippen LogP contribution in [0.1, 0.15) is 31.2 Å². The summed E-state index contributed by atoms with van der Waals surface area (Å²) in [7, 11) is 0. The van der Waals surface area contributed by atoms with Crippen LogP contribution >= 0.6 is 15.9 Å². The van der Waals surface area contributed by atoms with Gasteiger partial charge in [-0.05, 0) is 37.9 Å². The third-order valence-electron chi connectivity index (χ3n) is 3.53. The topological polar surface area (TPSA) is 46.2 Å². The van der Waals surface area contributed by atoms with Gasteiger partial charge in [-0.25, -0.2) is 4.39 Å². The molecule has 1 aliphatic rings. The van der Waals surface area contributed by atoms with Crippen LogP contribution in [0, 0.1) is 5.82 Å². The van der Waals surface area contributed by atoms with Gasteiger partial charge in [-0.2, -0.15) is 0 Å². The molecule has 0 unspecified atom stereocenters. The first-order valence-electron chi connectivity index (χ1n) is 5.48. The smallest absolute Gasteiger partial charge is 0.166 e. The van der Waals surface area contributed by atoms with Crippen molar-refractivity contribution in [2.24, 2.45) is 5.73 Å². The molecule has 2 nitrogen and oxygen atoms in total. The molecule has 0 aliphatic heterocycles. The Morgan fingerprint density at radius 2 is 2.12 bits per heavy atom. The van der Waals surface area contributed by atoms with Crippen molar-refractivity contribution in [3.8, 4) is 5.75 Å². The maximum absolute atomic E-state index is 13.5. The van der Waals surface area contributed by atoms with Crippen LogP contribution in [0.5, 0.6) is 5.75 Å².